The quantitative estimate of drug-likeness (QED) is 0.764. The van der Waals surface area contributed by atoms with E-state index in [-0.39, 0.29) is 6.03 Å². The van der Waals surface area contributed by atoms with Crippen LogP contribution in [0.2, 0.25) is 0 Å². The zero-order valence-corrected chi connectivity index (χ0v) is 11.7. The van der Waals surface area contributed by atoms with Gasteiger partial charge in [-0.2, -0.15) is 0 Å². The molecule has 2 aromatic rings. The molecule has 0 spiro atoms. The summed E-state index contributed by atoms with van der Waals surface area (Å²) in [6.07, 6.45) is 7.15. The Labute approximate surface area is 117 Å². The number of rotatable bonds is 6. The molecule has 0 unspecified atom stereocenters. The predicted octanol–water partition coefficient (Wildman–Crippen LogP) is 0.786. The first kappa shape index (κ1) is 14.0. The number of imidazole rings is 1. The van der Waals surface area contributed by atoms with Gasteiger partial charge < -0.3 is 9.88 Å². The molecule has 0 saturated carbocycles. The maximum Gasteiger partial charge on any atom is 0.320 e. The fraction of sp³-hybridized carbons (Fsp3) is 0.500. The summed E-state index contributed by atoms with van der Waals surface area (Å²) in [4.78, 5) is 15.8. The molecular weight excluding hydrogens is 258 g/mol. The second kappa shape index (κ2) is 6.69. The van der Waals surface area contributed by atoms with Gasteiger partial charge in [-0.1, -0.05) is 12.1 Å². The van der Waals surface area contributed by atoms with Gasteiger partial charge >= 0.3 is 6.03 Å². The Morgan fingerprint density at radius 1 is 1.45 bits per heavy atom. The number of hydrogen-bond donors (Lipinski definition) is 2. The Morgan fingerprint density at radius 3 is 3.00 bits per heavy atom. The zero-order valence-electron chi connectivity index (χ0n) is 11.7. The van der Waals surface area contributed by atoms with Crippen molar-refractivity contribution in [3.05, 3.63) is 24.4 Å². The van der Waals surface area contributed by atoms with Crippen LogP contribution in [-0.4, -0.2) is 37.1 Å². The smallest absolute Gasteiger partial charge is 0.320 e. The molecule has 2 heterocycles. The number of carbonyl (C=O) groups excluding carboxylic acids is 1. The first-order valence-electron chi connectivity index (χ1n) is 6.60. The molecule has 2 aromatic heterocycles. The molecule has 0 aliphatic rings. The molecule has 20 heavy (non-hydrogen) atoms. The minimum Gasteiger partial charge on any atom is -0.338 e. The minimum atomic E-state index is -0.271. The topological polar surface area (TPSA) is 89.7 Å². The highest BCUT2D eigenvalue weighted by Crippen LogP contribution is 2.00. The van der Waals surface area contributed by atoms with Gasteiger partial charge in [0.25, 0.3) is 0 Å². The minimum absolute atomic E-state index is 0.271. The predicted molar refractivity (Wildman–Crippen MR) is 74.2 cm³/mol. The summed E-state index contributed by atoms with van der Waals surface area (Å²) < 4.78 is 3.63. The van der Waals surface area contributed by atoms with Crippen LogP contribution in [0, 0.1) is 0 Å². The molecule has 0 bridgehead atoms. The van der Waals surface area contributed by atoms with Crippen LogP contribution in [0.25, 0.3) is 0 Å². The van der Waals surface area contributed by atoms with Crippen LogP contribution in [0.1, 0.15) is 19.2 Å². The van der Waals surface area contributed by atoms with Gasteiger partial charge in [0.2, 0.25) is 0 Å². The van der Waals surface area contributed by atoms with E-state index < -0.39 is 0 Å². The summed E-state index contributed by atoms with van der Waals surface area (Å²) >= 11 is 0. The molecule has 2 rings (SSSR count). The molecule has 0 aromatic carbocycles. The van der Waals surface area contributed by atoms with Crippen LogP contribution in [0.15, 0.2) is 18.6 Å². The van der Waals surface area contributed by atoms with Crippen LogP contribution in [0.3, 0.4) is 0 Å². The van der Waals surface area contributed by atoms with Gasteiger partial charge in [-0.05, 0) is 6.42 Å². The average molecular weight is 277 g/mol. The Balaban J connectivity index is 1.67. The average Bonchev–Trinajstić information content (AvgIpc) is 3.03. The van der Waals surface area contributed by atoms with Crippen LogP contribution < -0.4 is 10.6 Å². The lowest BCUT2D eigenvalue weighted by atomic mass is 10.4. The van der Waals surface area contributed by atoms with Gasteiger partial charge in [-0.25, -0.2) is 9.78 Å². The highest BCUT2D eigenvalue weighted by atomic mass is 16.2. The van der Waals surface area contributed by atoms with Crippen molar-refractivity contribution in [1.82, 2.24) is 29.9 Å². The van der Waals surface area contributed by atoms with Crippen molar-refractivity contribution in [3.63, 3.8) is 0 Å². The zero-order chi connectivity index (χ0) is 14.4. The van der Waals surface area contributed by atoms with E-state index in [1.54, 1.807) is 19.4 Å². The summed E-state index contributed by atoms with van der Waals surface area (Å²) in [6.45, 7) is 3.51. The number of carbonyl (C=O) groups is 1. The van der Waals surface area contributed by atoms with E-state index in [0.717, 1.165) is 25.2 Å². The molecular formula is C12H19N7O. The number of aromatic nitrogens is 5. The summed E-state index contributed by atoms with van der Waals surface area (Å²) in [7, 11) is 1.74. The van der Waals surface area contributed by atoms with E-state index >= 15 is 0 Å². The third-order valence-corrected chi connectivity index (χ3v) is 2.82. The fourth-order valence-corrected chi connectivity index (χ4v) is 1.87. The van der Waals surface area contributed by atoms with E-state index in [0.29, 0.717) is 12.4 Å². The van der Waals surface area contributed by atoms with E-state index in [1.807, 2.05) is 6.20 Å². The number of hydrogen-bond acceptors (Lipinski definition) is 4. The number of amides is 2. The second-order valence-electron chi connectivity index (χ2n) is 4.40. The highest BCUT2D eigenvalue weighted by Gasteiger charge is 2.04. The van der Waals surface area contributed by atoms with E-state index in [9.17, 15) is 4.79 Å². The van der Waals surface area contributed by atoms with Crippen molar-refractivity contribution in [1.29, 1.82) is 0 Å². The molecule has 0 radical (unpaired) electrons. The first-order chi connectivity index (χ1) is 9.69. The van der Waals surface area contributed by atoms with Crippen molar-refractivity contribution in [2.24, 2.45) is 7.05 Å². The SMILES string of the molecule is CCc1nccn1CCCNC(=O)Nc1cn(C)nn1. The van der Waals surface area contributed by atoms with Crippen molar-refractivity contribution in [2.75, 3.05) is 11.9 Å². The number of aryl methyl sites for hydroxylation is 3. The van der Waals surface area contributed by atoms with E-state index in [2.05, 4.69) is 37.4 Å². The molecule has 2 amide bonds. The van der Waals surface area contributed by atoms with Crippen LogP contribution in [0.4, 0.5) is 10.6 Å². The summed E-state index contributed by atoms with van der Waals surface area (Å²) in [5.74, 6) is 1.50. The van der Waals surface area contributed by atoms with E-state index in [1.165, 1.54) is 4.68 Å². The maximum absolute atomic E-state index is 11.6. The molecule has 8 nitrogen and oxygen atoms in total. The number of nitrogens with zero attached hydrogens (tertiary/aromatic N) is 5. The summed E-state index contributed by atoms with van der Waals surface area (Å²) in [5.41, 5.74) is 0. The van der Waals surface area contributed by atoms with Crippen LogP contribution >= 0.6 is 0 Å². The highest BCUT2D eigenvalue weighted by molar-refractivity contribution is 5.87. The van der Waals surface area contributed by atoms with Crippen molar-refractivity contribution in [3.8, 4) is 0 Å². The summed E-state index contributed by atoms with van der Waals surface area (Å²) in [5, 5.41) is 12.9. The van der Waals surface area contributed by atoms with Gasteiger partial charge in [0, 0.05) is 39.0 Å². The fourth-order valence-electron chi connectivity index (χ4n) is 1.87. The molecule has 0 atom stereocenters. The monoisotopic (exact) mass is 277 g/mol. The van der Waals surface area contributed by atoms with Crippen molar-refractivity contribution in [2.45, 2.75) is 26.3 Å². The Hall–Kier alpha value is -2.38. The number of urea groups is 1. The Kier molecular flexibility index (Phi) is 4.70. The number of nitrogens with one attached hydrogen (secondary N) is 2. The largest absolute Gasteiger partial charge is 0.338 e. The molecule has 0 fully saturated rings. The Bertz CT molecular complexity index is 560. The third-order valence-electron chi connectivity index (χ3n) is 2.82. The lowest BCUT2D eigenvalue weighted by Gasteiger charge is -2.07. The summed E-state index contributed by atoms with van der Waals surface area (Å²) in [6, 6.07) is -0.271. The molecule has 0 aliphatic heterocycles. The maximum atomic E-state index is 11.6. The van der Waals surface area contributed by atoms with Gasteiger partial charge in [-0.15, -0.1) is 5.10 Å². The van der Waals surface area contributed by atoms with Crippen molar-refractivity contribution >= 4 is 11.8 Å². The van der Waals surface area contributed by atoms with Crippen molar-refractivity contribution < 1.29 is 4.79 Å². The van der Waals surface area contributed by atoms with Crippen LogP contribution in [-0.2, 0) is 20.0 Å². The van der Waals surface area contributed by atoms with Gasteiger partial charge in [0.05, 0.1) is 6.20 Å². The molecule has 0 aliphatic carbocycles. The van der Waals surface area contributed by atoms with Gasteiger partial charge in [-0.3, -0.25) is 10.00 Å². The third kappa shape index (κ3) is 3.81. The molecule has 8 heteroatoms. The first-order valence-corrected chi connectivity index (χ1v) is 6.60. The van der Waals surface area contributed by atoms with E-state index in [4.69, 9.17) is 0 Å². The number of anilines is 1. The molecule has 0 saturated heterocycles. The van der Waals surface area contributed by atoms with Gasteiger partial charge in [0.1, 0.15) is 5.82 Å². The lowest BCUT2D eigenvalue weighted by molar-refractivity contribution is 0.251. The Morgan fingerprint density at radius 2 is 2.30 bits per heavy atom. The van der Waals surface area contributed by atoms with Crippen LogP contribution in [0.5, 0.6) is 0 Å². The second-order valence-corrected chi connectivity index (χ2v) is 4.40. The molecule has 2 N–H and O–H groups in total. The van der Waals surface area contributed by atoms with Gasteiger partial charge in [0.15, 0.2) is 5.82 Å². The molecule has 108 valence electrons. The normalized spacial score (nSPS) is 10.5. The standard InChI is InChI=1S/C12H19N7O/c1-3-11-13-6-8-19(11)7-4-5-14-12(20)15-10-9-18(2)17-16-10/h6,8-9H,3-5,7H2,1-2H3,(H2,14,15,20). The lowest BCUT2D eigenvalue weighted by Crippen LogP contribution is -2.30.